The Labute approximate surface area is 131 Å². The van der Waals surface area contributed by atoms with Gasteiger partial charge in [-0.15, -0.1) is 0 Å². The molecule has 0 bridgehead atoms. The van der Waals surface area contributed by atoms with E-state index in [4.69, 9.17) is 23.2 Å². The fraction of sp³-hybridized carbons (Fsp3) is 0.625. The van der Waals surface area contributed by atoms with Gasteiger partial charge in [0.05, 0.1) is 10.0 Å². The Morgan fingerprint density at radius 2 is 2.05 bits per heavy atom. The molecule has 0 radical (unpaired) electrons. The number of piperazine rings is 1. The van der Waals surface area contributed by atoms with Crippen molar-refractivity contribution < 1.29 is 0 Å². The van der Waals surface area contributed by atoms with Crippen molar-refractivity contribution in [2.75, 3.05) is 13.1 Å². The predicted octanol–water partition coefficient (Wildman–Crippen LogP) is 3.96. The van der Waals surface area contributed by atoms with Gasteiger partial charge in [-0.25, -0.2) is 0 Å². The molecule has 0 amide bonds. The average molecular weight is 313 g/mol. The highest BCUT2D eigenvalue weighted by Crippen LogP contribution is 2.36. The minimum Gasteiger partial charge on any atom is -0.311 e. The Balaban J connectivity index is 1.77. The third-order valence-corrected chi connectivity index (χ3v) is 5.51. The zero-order valence-corrected chi connectivity index (χ0v) is 13.6. The number of hydrogen-bond acceptors (Lipinski definition) is 2. The van der Waals surface area contributed by atoms with E-state index in [1.807, 2.05) is 12.1 Å². The molecule has 1 saturated heterocycles. The summed E-state index contributed by atoms with van der Waals surface area (Å²) in [4.78, 5) is 2.55. The summed E-state index contributed by atoms with van der Waals surface area (Å²) >= 11 is 12.5. The molecule has 1 atom stereocenters. The Morgan fingerprint density at radius 1 is 1.30 bits per heavy atom. The molecule has 1 aromatic carbocycles. The van der Waals surface area contributed by atoms with Crippen LogP contribution in [-0.2, 0) is 6.54 Å². The zero-order chi connectivity index (χ0) is 14.3. The molecule has 1 saturated carbocycles. The Hall–Kier alpha value is -0.280. The van der Waals surface area contributed by atoms with Gasteiger partial charge in [0, 0.05) is 31.2 Å². The Bertz CT molecular complexity index is 497. The van der Waals surface area contributed by atoms with Gasteiger partial charge in [-0.1, -0.05) is 35.3 Å². The van der Waals surface area contributed by atoms with Gasteiger partial charge < -0.3 is 5.32 Å². The van der Waals surface area contributed by atoms with Crippen LogP contribution in [0.15, 0.2) is 18.2 Å². The van der Waals surface area contributed by atoms with Crippen LogP contribution in [0.4, 0.5) is 0 Å². The smallest absolute Gasteiger partial charge is 0.0637 e. The van der Waals surface area contributed by atoms with Crippen LogP contribution in [0.2, 0.25) is 10.0 Å². The van der Waals surface area contributed by atoms with Gasteiger partial charge in [0.1, 0.15) is 0 Å². The van der Waals surface area contributed by atoms with E-state index in [1.54, 1.807) is 0 Å². The second kappa shape index (κ2) is 5.49. The maximum atomic E-state index is 6.34. The van der Waals surface area contributed by atoms with E-state index in [2.05, 4.69) is 30.1 Å². The first-order valence-corrected chi connectivity index (χ1v) is 8.14. The van der Waals surface area contributed by atoms with E-state index in [0.717, 1.165) is 31.1 Å². The van der Waals surface area contributed by atoms with E-state index in [1.165, 1.54) is 12.8 Å². The molecule has 1 heterocycles. The monoisotopic (exact) mass is 312 g/mol. The van der Waals surface area contributed by atoms with Crippen molar-refractivity contribution in [2.45, 2.75) is 44.8 Å². The van der Waals surface area contributed by atoms with Crippen LogP contribution in [0.1, 0.15) is 32.3 Å². The van der Waals surface area contributed by atoms with Crippen molar-refractivity contribution in [1.29, 1.82) is 0 Å². The minimum absolute atomic E-state index is 0.150. The summed E-state index contributed by atoms with van der Waals surface area (Å²) in [5.41, 5.74) is 1.28. The van der Waals surface area contributed by atoms with Crippen molar-refractivity contribution in [3.05, 3.63) is 33.8 Å². The SMILES string of the molecule is CC1(C)CNC(C2CC2)CN1Cc1cccc(Cl)c1Cl. The zero-order valence-electron chi connectivity index (χ0n) is 12.1. The number of nitrogens with zero attached hydrogens (tertiary/aromatic N) is 1. The van der Waals surface area contributed by atoms with Crippen molar-refractivity contribution in [3.8, 4) is 0 Å². The van der Waals surface area contributed by atoms with E-state index < -0.39 is 0 Å². The molecule has 1 N–H and O–H groups in total. The summed E-state index contributed by atoms with van der Waals surface area (Å²) < 4.78 is 0. The summed E-state index contributed by atoms with van der Waals surface area (Å²) in [5, 5.41) is 5.06. The standard InChI is InChI=1S/C16H22Cl2N2/c1-16(2)10-19-14(11-6-7-11)9-20(16)8-12-4-3-5-13(17)15(12)18/h3-5,11,14,19H,6-10H2,1-2H3. The summed E-state index contributed by atoms with van der Waals surface area (Å²) in [7, 11) is 0. The molecule has 1 aliphatic heterocycles. The fourth-order valence-corrected chi connectivity index (χ4v) is 3.39. The number of hydrogen-bond donors (Lipinski definition) is 1. The molecular formula is C16H22Cl2N2. The third-order valence-electron chi connectivity index (χ3n) is 4.65. The minimum atomic E-state index is 0.150. The van der Waals surface area contributed by atoms with Crippen LogP contribution in [0.25, 0.3) is 0 Å². The van der Waals surface area contributed by atoms with Gasteiger partial charge in [0.25, 0.3) is 0 Å². The first kappa shape index (κ1) is 14.6. The lowest BCUT2D eigenvalue weighted by Crippen LogP contribution is -2.62. The molecule has 3 rings (SSSR count). The van der Waals surface area contributed by atoms with E-state index in [0.29, 0.717) is 16.1 Å². The van der Waals surface area contributed by atoms with Crippen LogP contribution in [0.5, 0.6) is 0 Å². The van der Waals surface area contributed by atoms with Crippen molar-refractivity contribution in [1.82, 2.24) is 10.2 Å². The molecule has 1 aromatic rings. The molecule has 20 heavy (non-hydrogen) atoms. The lowest BCUT2D eigenvalue weighted by atomic mass is 9.95. The first-order chi connectivity index (χ1) is 9.47. The number of halogens is 2. The van der Waals surface area contributed by atoms with Crippen LogP contribution in [-0.4, -0.2) is 29.6 Å². The molecule has 2 nitrogen and oxygen atoms in total. The number of nitrogens with one attached hydrogen (secondary N) is 1. The van der Waals surface area contributed by atoms with Gasteiger partial charge in [-0.2, -0.15) is 0 Å². The largest absolute Gasteiger partial charge is 0.311 e. The van der Waals surface area contributed by atoms with Gasteiger partial charge in [-0.3, -0.25) is 4.90 Å². The molecular weight excluding hydrogens is 291 g/mol. The maximum Gasteiger partial charge on any atom is 0.0637 e. The van der Waals surface area contributed by atoms with Gasteiger partial charge in [0.15, 0.2) is 0 Å². The summed E-state index contributed by atoms with van der Waals surface area (Å²) in [5.74, 6) is 0.878. The van der Waals surface area contributed by atoms with Gasteiger partial charge in [0.2, 0.25) is 0 Å². The number of benzene rings is 1. The lowest BCUT2D eigenvalue weighted by Gasteiger charge is -2.46. The van der Waals surface area contributed by atoms with Crippen molar-refractivity contribution in [2.24, 2.45) is 5.92 Å². The fourth-order valence-electron chi connectivity index (χ4n) is 3.01. The van der Waals surface area contributed by atoms with Crippen LogP contribution < -0.4 is 5.32 Å². The van der Waals surface area contributed by atoms with Crippen LogP contribution in [0.3, 0.4) is 0 Å². The average Bonchev–Trinajstić information content (AvgIpc) is 3.21. The van der Waals surface area contributed by atoms with E-state index in [9.17, 15) is 0 Å². The van der Waals surface area contributed by atoms with E-state index >= 15 is 0 Å². The number of rotatable bonds is 3. The molecule has 0 spiro atoms. The van der Waals surface area contributed by atoms with Gasteiger partial charge >= 0.3 is 0 Å². The molecule has 1 unspecified atom stereocenters. The molecule has 1 aliphatic carbocycles. The molecule has 2 fully saturated rings. The van der Waals surface area contributed by atoms with E-state index in [-0.39, 0.29) is 5.54 Å². The molecule has 2 aliphatic rings. The van der Waals surface area contributed by atoms with Crippen LogP contribution >= 0.6 is 23.2 Å². The second-order valence-corrected chi connectivity index (χ2v) is 7.52. The highest BCUT2D eigenvalue weighted by molar-refractivity contribution is 6.42. The topological polar surface area (TPSA) is 15.3 Å². The van der Waals surface area contributed by atoms with Crippen LogP contribution in [0, 0.1) is 5.92 Å². The summed E-state index contributed by atoms with van der Waals surface area (Å²) in [6.07, 6.45) is 2.76. The first-order valence-electron chi connectivity index (χ1n) is 7.39. The maximum absolute atomic E-state index is 6.34. The molecule has 0 aromatic heterocycles. The normalized spacial score (nSPS) is 26.7. The second-order valence-electron chi connectivity index (χ2n) is 6.73. The molecule has 110 valence electrons. The summed E-state index contributed by atoms with van der Waals surface area (Å²) in [6.45, 7) is 7.59. The quantitative estimate of drug-likeness (QED) is 0.909. The summed E-state index contributed by atoms with van der Waals surface area (Å²) in [6, 6.07) is 6.56. The highest BCUT2D eigenvalue weighted by atomic mass is 35.5. The Kier molecular flexibility index (Phi) is 4.02. The third kappa shape index (κ3) is 2.99. The van der Waals surface area contributed by atoms with Gasteiger partial charge in [-0.05, 0) is 44.2 Å². The predicted molar refractivity (Wildman–Crippen MR) is 85.5 cm³/mol. The lowest BCUT2D eigenvalue weighted by molar-refractivity contribution is 0.0534. The van der Waals surface area contributed by atoms with Crippen molar-refractivity contribution in [3.63, 3.8) is 0 Å². The Morgan fingerprint density at radius 3 is 2.75 bits per heavy atom. The molecule has 4 heteroatoms. The highest BCUT2D eigenvalue weighted by Gasteiger charge is 2.40. The van der Waals surface area contributed by atoms with Crippen molar-refractivity contribution >= 4 is 23.2 Å².